The number of halogens is 3. The second kappa shape index (κ2) is 9.62. The summed E-state index contributed by atoms with van der Waals surface area (Å²) < 4.78 is 40.0. The molecule has 0 saturated carbocycles. The summed E-state index contributed by atoms with van der Waals surface area (Å²) >= 11 is 0. The third-order valence-electron chi connectivity index (χ3n) is 2.78. The molecule has 18 heavy (non-hydrogen) atoms. The zero-order chi connectivity index (χ0) is 14.0. The number of hydrogen-bond acceptors (Lipinski definition) is 2. The number of ether oxygens (including phenoxy) is 1. The van der Waals surface area contributed by atoms with Gasteiger partial charge in [0.2, 0.25) is 0 Å². The van der Waals surface area contributed by atoms with Crippen LogP contribution in [-0.4, -0.2) is 32.0 Å². The summed E-state index contributed by atoms with van der Waals surface area (Å²) in [6.45, 7) is 6.50. The molecular weight excluding hydrogens is 243 g/mol. The molecule has 0 aliphatic heterocycles. The van der Waals surface area contributed by atoms with E-state index in [0.717, 1.165) is 25.8 Å². The van der Waals surface area contributed by atoms with Crippen molar-refractivity contribution in [1.82, 2.24) is 5.32 Å². The van der Waals surface area contributed by atoms with Gasteiger partial charge >= 0.3 is 6.18 Å². The van der Waals surface area contributed by atoms with Gasteiger partial charge in [0.1, 0.15) is 6.61 Å². The Kier molecular flexibility index (Phi) is 9.46. The molecule has 5 heteroatoms. The first-order valence-electron chi connectivity index (χ1n) is 6.74. The molecule has 0 aliphatic rings. The van der Waals surface area contributed by atoms with Gasteiger partial charge in [-0.05, 0) is 38.1 Å². The second-order valence-electron chi connectivity index (χ2n) is 4.97. The van der Waals surface area contributed by atoms with Crippen LogP contribution in [0.4, 0.5) is 13.2 Å². The molecule has 2 nitrogen and oxygen atoms in total. The van der Waals surface area contributed by atoms with E-state index >= 15 is 0 Å². The van der Waals surface area contributed by atoms with Crippen LogP contribution in [0.25, 0.3) is 0 Å². The van der Waals surface area contributed by atoms with Crippen molar-refractivity contribution in [3.8, 4) is 0 Å². The first kappa shape index (κ1) is 17.7. The van der Waals surface area contributed by atoms with Crippen LogP contribution in [0.2, 0.25) is 0 Å². The molecule has 0 saturated heterocycles. The zero-order valence-electron chi connectivity index (χ0n) is 11.6. The normalized spacial score (nSPS) is 14.2. The van der Waals surface area contributed by atoms with Crippen LogP contribution in [0.3, 0.4) is 0 Å². The summed E-state index contributed by atoms with van der Waals surface area (Å²) in [5.74, 6) is 0.549. The molecule has 0 aromatic rings. The molecular formula is C13H26F3NO. The summed E-state index contributed by atoms with van der Waals surface area (Å²) in [6.07, 6.45) is -0.529. The van der Waals surface area contributed by atoms with Gasteiger partial charge in [0.05, 0.1) is 0 Å². The second-order valence-corrected chi connectivity index (χ2v) is 4.97. The molecule has 0 spiro atoms. The van der Waals surface area contributed by atoms with Crippen molar-refractivity contribution in [2.75, 3.05) is 19.8 Å². The summed E-state index contributed by atoms with van der Waals surface area (Å²) in [7, 11) is 0. The van der Waals surface area contributed by atoms with Crippen LogP contribution < -0.4 is 5.32 Å². The van der Waals surface area contributed by atoms with Crippen molar-refractivity contribution < 1.29 is 17.9 Å². The molecule has 0 fully saturated rings. The molecule has 1 atom stereocenters. The first-order chi connectivity index (χ1) is 8.37. The molecule has 110 valence electrons. The molecule has 1 unspecified atom stereocenters. The maximum atomic E-state index is 11.8. The minimum absolute atomic E-state index is 0.193. The van der Waals surface area contributed by atoms with E-state index in [1.165, 1.54) is 0 Å². The molecule has 0 aliphatic carbocycles. The van der Waals surface area contributed by atoms with E-state index in [-0.39, 0.29) is 6.61 Å². The van der Waals surface area contributed by atoms with Crippen molar-refractivity contribution in [2.24, 2.45) is 5.92 Å². The smallest absolute Gasteiger partial charge is 0.372 e. The number of hydrogen-bond donors (Lipinski definition) is 1. The lowest BCUT2D eigenvalue weighted by Crippen LogP contribution is -2.34. The van der Waals surface area contributed by atoms with Crippen LogP contribution in [-0.2, 0) is 4.74 Å². The van der Waals surface area contributed by atoms with Crippen molar-refractivity contribution >= 4 is 0 Å². The van der Waals surface area contributed by atoms with Gasteiger partial charge < -0.3 is 10.1 Å². The summed E-state index contributed by atoms with van der Waals surface area (Å²) in [5, 5.41) is 3.46. The van der Waals surface area contributed by atoms with Crippen molar-refractivity contribution in [3.05, 3.63) is 0 Å². The van der Waals surface area contributed by atoms with E-state index < -0.39 is 12.8 Å². The summed E-state index contributed by atoms with van der Waals surface area (Å²) in [4.78, 5) is 0. The van der Waals surface area contributed by atoms with E-state index in [2.05, 4.69) is 30.8 Å². The summed E-state index contributed by atoms with van der Waals surface area (Å²) in [6, 6.07) is 0.451. The van der Waals surface area contributed by atoms with Gasteiger partial charge in [-0.2, -0.15) is 13.2 Å². The fourth-order valence-electron chi connectivity index (χ4n) is 1.76. The molecule has 0 aromatic heterocycles. The number of unbranched alkanes of at least 4 members (excludes halogenated alkanes) is 1. The lowest BCUT2D eigenvalue weighted by atomic mass is 9.98. The van der Waals surface area contributed by atoms with Crippen LogP contribution >= 0.6 is 0 Å². The van der Waals surface area contributed by atoms with E-state index in [1.54, 1.807) is 0 Å². The fraction of sp³-hybridized carbons (Fsp3) is 1.00. The highest BCUT2D eigenvalue weighted by atomic mass is 19.4. The van der Waals surface area contributed by atoms with Crippen LogP contribution in [0.15, 0.2) is 0 Å². The van der Waals surface area contributed by atoms with Crippen molar-refractivity contribution in [1.29, 1.82) is 0 Å². The first-order valence-corrected chi connectivity index (χ1v) is 6.74. The Morgan fingerprint density at radius 1 is 1.17 bits per heavy atom. The van der Waals surface area contributed by atoms with Gasteiger partial charge in [-0.25, -0.2) is 0 Å². The Labute approximate surface area is 108 Å². The fourth-order valence-corrected chi connectivity index (χ4v) is 1.76. The Morgan fingerprint density at radius 3 is 2.33 bits per heavy atom. The molecule has 0 radical (unpaired) electrons. The standard InChI is InChI=1S/C13H26F3NO/c1-4-8-17-12(11(2)3)7-5-6-9-18-10-13(14,15)16/h11-12,17H,4-10H2,1-3H3. The SMILES string of the molecule is CCCNC(CCCCOCC(F)(F)F)C(C)C. The van der Waals surface area contributed by atoms with Gasteiger partial charge in [0.15, 0.2) is 0 Å². The molecule has 1 N–H and O–H groups in total. The molecule has 0 heterocycles. The highest BCUT2D eigenvalue weighted by molar-refractivity contribution is 4.70. The van der Waals surface area contributed by atoms with E-state index in [9.17, 15) is 13.2 Å². The zero-order valence-corrected chi connectivity index (χ0v) is 11.6. The van der Waals surface area contributed by atoms with E-state index in [0.29, 0.717) is 18.4 Å². The van der Waals surface area contributed by atoms with Crippen LogP contribution in [0, 0.1) is 5.92 Å². The Hall–Kier alpha value is -0.290. The number of nitrogens with one attached hydrogen (secondary N) is 1. The van der Waals surface area contributed by atoms with Crippen molar-refractivity contribution in [2.45, 2.75) is 58.7 Å². The van der Waals surface area contributed by atoms with Gasteiger partial charge in [-0.15, -0.1) is 0 Å². The maximum absolute atomic E-state index is 11.8. The quantitative estimate of drug-likeness (QED) is 0.610. The lowest BCUT2D eigenvalue weighted by molar-refractivity contribution is -0.174. The summed E-state index contributed by atoms with van der Waals surface area (Å²) in [5.41, 5.74) is 0. The minimum atomic E-state index is -4.21. The van der Waals surface area contributed by atoms with E-state index in [1.807, 2.05) is 0 Å². The average molecular weight is 269 g/mol. The lowest BCUT2D eigenvalue weighted by Gasteiger charge is -2.22. The largest absolute Gasteiger partial charge is 0.411 e. The van der Waals surface area contributed by atoms with Crippen LogP contribution in [0.1, 0.15) is 46.5 Å². The monoisotopic (exact) mass is 269 g/mol. The number of rotatable bonds is 10. The third kappa shape index (κ3) is 10.8. The minimum Gasteiger partial charge on any atom is -0.372 e. The van der Waals surface area contributed by atoms with Gasteiger partial charge in [0.25, 0.3) is 0 Å². The van der Waals surface area contributed by atoms with Crippen molar-refractivity contribution in [3.63, 3.8) is 0 Å². The molecule has 0 amide bonds. The Bertz CT molecular complexity index is 195. The molecule has 0 rings (SSSR count). The predicted octanol–water partition coefficient (Wildman–Crippen LogP) is 3.76. The average Bonchev–Trinajstić information content (AvgIpc) is 2.25. The topological polar surface area (TPSA) is 21.3 Å². The highest BCUT2D eigenvalue weighted by Gasteiger charge is 2.27. The van der Waals surface area contributed by atoms with Gasteiger partial charge in [0, 0.05) is 12.6 Å². The third-order valence-corrected chi connectivity index (χ3v) is 2.78. The molecule has 0 bridgehead atoms. The molecule has 0 aromatic carbocycles. The number of alkyl halides is 3. The van der Waals surface area contributed by atoms with Gasteiger partial charge in [-0.3, -0.25) is 0 Å². The van der Waals surface area contributed by atoms with Gasteiger partial charge in [-0.1, -0.05) is 20.8 Å². The predicted molar refractivity (Wildman–Crippen MR) is 67.6 cm³/mol. The Balaban J connectivity index is 3.55. The highest BCUT2D eigenvalue weighted by Crippen LogP contribution is 2.15. The van der Waals surface area contributed by atoms with Crippen LogP contribution in [0.5, 0.6) is 0 Å². The maximum Gasteiger partial charge on any atom is 0.411 e. The Morgan fingerprint density at radius 2 is 1.83 bits per heavy atom. The van der Waals surface area contributed by atoms with E-state index in [4.69, 9.17) is 0 Å².